The Balaban J connectivity index is 3.45. The van der Waals surface area contributed by atoms with Gasteiger partial charge in [0.25, 0.3) is 0 Å². The molecule has 0 aliphatic heterocycles. The van der Waals surface area contributed by atoms with Crippen molar-refractivity contribution in [2.24, 2.45) is 5.73 Å². The molecule has 21 heavy (non-hydrogen) atoms. The Morgan fingerprint density at radius 3 is 2.29 bits per heavy atom. The van der Waals surface area contributed by atoms with Crippen molar-refractivity contribution in [1.82, 2.24) is 4.72 Å². The van der Waals surface area contributed by atoms with Gasteiger partial charge in [-0.05, 0) is 54.4 Å². The molecule has 0 heterocycles. The SMILES string of the molecule is Cc1cc(C(=O)O)cc(S(=O)(=O)NC(C)(C)C(N)=O)c1Br. The summed E-state index contributed by atoms with van der Waals surface area (Å²) in [6, 6.07) is 2.35. The number of carbonyl (C=O) groups excluding carboxylic acids is 1. The van der Waals surface area contributed by atoms with E-state index < -0.39 is 27.4 Å². The molecule has 1 aromatic rings. The van der Waals surface area contributed by atoms with Crippen molar-refractivity contribution in [3.05, 3.63) is 27.7 Å². The first-order valence-corrected chi connectivity index (χ1v) is 8.03. The van der Waals surface area contributed by atoms with E-state index in [-0.39, 0.29) is 14.9 Å². The lowest BCUT2D eigenvalue weighted by Gasteiger charge is -2.22. The van der Waals surface area contributed by atoms with Crippen molar-refractivity contribution >= 4 is 37.8 Å². The number of rotatable bonds is 5. The highest BCUT2D eigenvalue weighted by Crippen LogP contribution is 2.28. The number of hydrogen-bond donors (Lipinski definition) is 3. The first kappa shape index (κ1) is 17.6. The van der Waals surface area contributed by atoms with Gasteiger partial charge in [-0.1, -0.05) is 0 Å². The number of hydrogen-bond acceptors (Lipinski definition) is 4. The van der Waals surface area contributed by atoms with Crippen molar-refractivity contribution in [3.63, 3.8) is 0 Å². The molecule has 0 bridgehead atoms. The van der Waals surface area contributed by atoms with Crippen LogP contribution in [0.4, 0.5) is 0 Å². The standard InChI is InChI=1S/C12H15BrN2O5S/c1-6-4-7(10(16)17)5-8(9(6)13)21(19,20)15-12(2,3)11(14)18/h4-5,15H,1-3H3,(H2,14,18)(H,16,17). The van der Waals surface area contributed by atoms with E-state index in [4.69, 9.17) is 10.8 Å². The molecule has 0 radical (unpaired) electrons. The van der Waals surface area contributed by atoms with Crippen LogP contribution in [0.15, 0.2) is 21.5 Å². The molecule has 0 aromatic heterocycles. The molecule has 0 aliphatic carbocycles. The highest BCUT2D eigenvalue weighted by molar-refractivity contribution is 9.10. The Labute approximate surface area is 130 Å². The third-order valence-corrected chi connectivity index (χ3v) is 5.76. The van der Waals surface area contributed by atoms with Gasteiger partial charge in [-0.2, -0.15) is 4.72 Å². The van der Waals surface area contributed by atoms with E-state index in [1.165, 1.54) is 19.9 Å². The van der Waals surface area contributed by atoms with Crippen molar-refractivity contribution < 1.29 is 23.1 Å². The zero-order chi connectivity index (χ0) is 16.6. The first-order valence-electron chi connectivity index (χ1n) is 5.76. The second kappa shape index (κ2) is 5.74. The monoisotopic (exact) mass is 378 g/mol. The van der Waals surface area contributed by atoms with Crippen LogP contribution in [0, 0.1) is 6.92 Å². The Bertz CT molecular complexity index is 713. The van der Waals surface area contributed by atoms with Crippen LogP contribution in [-0.2, 0) is 14.8 Å². The third kappa shape index (κ3) is 3.80. The second-order valence-corrected chi connectivity index (χ2v) is 7.45. The molecule has 7 nitrogen and oxygen atoms in total. The number of amides is 1. The fourth-order valence-corrected chi connectivity index (χ4v) is 3.93. The fraction of sp³-hybridized carbons (Fsp3) is 0.333. The van der Waals surface area contributed by atoms with E-state index in [0.29, 0.717) is 5.56 Å². The van der Waals surface area contributed by atoms with Crippen LogP contribution >= 0.6 is 15.9 Å². The molecule has 0 unspecified atom stereocenters. The van der Waals surface area contributed by atoms with E-state index in [1.807, 2.05) is 0 Å². The van der Waals surface area contributed by atoms with Gasteiger partial charge in [-0.15, -0.1) is 0 Å². The van der Waals surface area contributed by atoms with Crippen molar-refractivity contribution in [3.8, 4) is 0 Å². The van der Waals surface area contributed by atoms with E-state index >= 15 is 0 Å². The van der Waals surface area contributed by atoms with Gasteiger partial charge in [0.15, 0.2) is 0 Å². The summed E-state index contributed by atoms with van der Waals surface area (Å²) in [6.07, 6.45) is 0. The summed E-state index contributed by atoms with van der Waals surface area (Å²) in [4.78, 5) is 22.0. The minimum Gasteiger partial charge on any atom is -0.478 e. The average molecular weight is 379 g/mol. The minimum atomic E-state index is -4.13. The molecule has 0 saturated carbocycles. The molecule has 1 amide bonds. The van der Waals surface area contributed by atoms with Gasteiger partial charge in [0.1, 0.15) is 5.54 Å². The topological polar surface area (TPSA) is 127 Å². The van der Waals surface area contributed by atoms with E-state index in [9.17, 15) is 18.0 Å². The van der Waals surface area contributed by atoms with Gasteiger partial charge in [0.2, 0.25) is 15.9 Å². The zero-order valence-electron chi connectivity index (χ0n) is 11.6. The molecule has 0 aliphatic rings. The number of aromatic carboxylic acids is 1. The van der Waals surface area contributed by atoms with Crippen LogP contribution in [-0.4, -0.2) is 30.9 Å². The Morgan fingerprint density at radius 2 is 1.86 bits per heavy atom. The molecule has 0 fully saturated rings. The number of sulfonamides is 1. The minimum absolute atomic E-state index is 0.173. The maximum absolute atomic E-state index is 12.4. The number of aryl methyl sites for hydroxylation is 1. The summed E-state index contributed by atoms with van der Waals surface area (Å²) in [5.41, 5.74) is 3.89. The van der Waals surface area contributed by atoms with Gasteiger partial charge < -0.3 is 10.8 Å². The molecule has 1 aromatic carbocycles. The number of nitrogens with two attached hydrogens (primary N) is 1. The molecule has 0 spiro atoms. The number of carboxylic acid groups (broad SMARTS) is 1. The zero-order valence-corrected chi connectivity index (χ0v) is 14.0. The lowest BCUT2D eigenvalue weighted by Crippen LogP contribution is -2.52. The summed E-state index contributed by atoms with van der Waals surface area (Å²) in [5.74, 6) is -2.11. The highest BCUT2D eigenvalue weighted by atomic mass is 79.9. The van der Waals surface area contributed by atoms with E-state index in [0.717, 1.165) is 6.07 Å². The Hall–Kier alpha value is -1.45. The highest BCUT2D eigenvalue weighted by Gasteiger charge is 2.33. The molecule has 0 saturated heterocycles. The van der Waals surface area contributed by atoms with E-state index in [1.54, 1.807) is 6.92 Å². The average Bonchev–Trinajstić information content (AvgIpc) is 2.30. The smallest absolute Gasteiger partial charge is 0.335 e. The number of nitrogens with one attached hydrogen (secondary N) is 1. The molecular weight excluding hydrogens is 364 g/mol. The van der Waals surface area contributed by atoms with Gasteiger partial charge in [-0.3, -0.25) is 4.79 Å². The normalized spacial score (nSPS) is 12.2. The largest absolute Gasteiger partial charge is 0.478 e. The van der Waals surface area contributed by atoms with Crippen molar-refractivity contribution in [1.29, 1.82) is 0 Å². The van der Waals surface area contributed by atoms with Crippen LogP contribution in [0.1, 0.15) is 29.8 Å². The van der Waals surface area contributed by atoms with Crippen molar-refractivity contribution in [2.45, 2.75) is 31.2 Å². The van der Waals surface area contributed by atoms with Crippen LogP contribution in [0.3, 0.4) is 0 Å². The van der Waals surface area contributed by atoms with Gasteiger partial charge in [0.05, 0.1) is 10.5 Å². The summed E-state index contributed by atoms with van der Waals surface area (Å²) < 4.78 is 27.1. The fourth-order valence-electron chi connectivity index (χ4n) is 1.50. The molecule has 0 atom stereocenters. The summed E-state index contributed by atoms with van der Waals surface area (Å²) in [5, 5.41) is 9.01. The van der Waals surface area contributed by atoms with Crippen LogP contribution in [0.5, 0.6) is 0 Å². The Morgan fingerprint density at radius 1 is 1.33 bits per heavy atom. The summed E-state index contributed by atoms with van der Waals surface area (Å²) >= 11 is 3.12. The van der Waals surface area contributed by atoms with Crippen LogP contribution in [0.2, 0.25) is 0 Å². The number of carbonyl (C=O) groups is 2. The molecule has 4 N–H and O–H groups in total. The first-order chi connectivity index (χ1) is 9.38. The maximum atomic E-state index is 12.4. The number of carboxylic acids is 1. The Kier molecular flexibility index (Phi) is 4.81. The van der Waals surface area contributed by atoms with Crippen molar-refractivity contribution in [2.75, 3.05) is 0 Å². The molecule has 1 rings (SSSR count). The van der Waals surface area contributed by atoms with Gasteiger partial charge in [-0.25, -0.2) is 13.2 Å². The quantitative estimate of drug-likeness (QED) is 0.704. The molecule has 9 heteroatoms. The number of benzene rings is 1. The predicted molar refractivity (Wildman–Crippen MR) is 79.4 cm³/mol. The van der Waals surface area contributed by atoms with Gasteiger partial charge in [0, 0.05) is 4.47 Å². The predicted octanol–water partition coefficient (Wildman–Crippen LogP) is 0.998. The molecule has 116 valence electrons. The van der Waals surface area contributed by atoms with Crippen LogP contribution < -0.4 is 10.5 Å². The van der Waals surface area contributed by atoms with Crippen LogP contribution in [0.25, 0.3) is 0 Å². The summed E-state index contributed by atoms with van der Waals surface area (Å²) in [6.45, 7) is 4.19. The van der Waals surface area contributed by atoms with E-state index in [2.05, 4.69) is 20.7 Å². The lowest BCUT2D eigenvalue weighted by atomic mass is 10.1. The van der Waals surface area contributed by atoms with Gasteiger partial charge >= 0.3 is 5.97 Å². The number of halogens is 1. The molecular formula is C12H15BrN2O5S. The summed E-state index contributed by atoms with van der Waals surface area (Å²) in [7, 11) is -4.13. The second-order valence-electron chi connectivity index (χ2n) is 5.01. The third-order valence-electron chi connectivity index (χ3n) is 2.76. The lowest BCUT2D eigenvalue weighted by molar-refractivity contribution is -0.122. The number of primary amides is 1. The maximum Gasteiger partial charge on any atom is 0.335 e.